The second kappa shape index (κ2) is 5.65. The van der Waals surface area contributed by atoms with E-state index in [1.54, 1.807) is 0 Å². The summed E-state index contributed by atoms with van der Waals surface area (Å²) in [5.74, 6) is 0.799. The Balaban J connectivity index is 2.31. The molecule has 0 aromatic heterocycles. The van der Waals surface area contributed by atoms with Crippen molar-refractivity contribution < 1.29 is 4.53 Å². The first-order chi connectivity index (χ1) is 10.00. The normalized spacial score (nSPS) is 32.7. The molecule has 0 aromatic carbocycles. The Hall–Kier alpha value is -0.313. The summed E-state index contributed by atoms with van der Waals surface area (Å²) >= 11 is 0. The number of fused-ring (bicyclic) bond motifs is 2. The quantitative estimate of drug-likeness (QED) is 0.425. The monoisotopic (exact) mass is 323 g/mol. The van der Waals surface area contributed by atoms with Crippen molar-refractivity contribution in [3.05, 3.63) is 0 Å². The fourth-order valence-electron chi connectivity index (χ4n) is 5.52. The van der Waals surface area contributed by atoms with E-state index >= 15 is 0 Å². The van der Waals surface area contributed by atoms with Gasteiger partial charge in [-0.25, -0.2) is 0 Å². The van der Waals surface area contributed by atoms with Gasteiger partial charge in [-0.05, 0) is 47.2 Å². The zero-order valence-electron chi connectivity index (χ0n) is 16.3. The molecule has 2 nitrogen and oxygen atoms in total. The minimum absolute atomic E-state index is 0.253. The predicted octanol–water partition coefficient (Wildman–Crippen LogP) is 6.38. The minimum atomic E-state index is -1.89. The molecule has 0 heterocycles. The lowest BCUT2D eigenvalue weighted by Crippen LogP contribution is -2.47. The molecule has 2 aliphatic rings. The Morgan fingerprint density at radius 2 is 1.50 bits per heavy atom. The molecule has 0 aromatic rings. The van der Waals surface area contributed by atoms with Gasteiger partial charge in [-0.15, -0.1) is 5.16 Å². The van der Waals surface area contributed by atoms with Gasteiger partial charge in [-0.2, -0.15) is 0 Å². The highest BCUT2D eigenvalue weighted by Gasteiger charge is 2.60. The first-order valence-electron chi connectivity index (χ1n) is 9.25. The first kappa shape index (κ1) is 18.0. The Kier molecular flexibility index (Phi) is 4.63. The largest absolute Gasteiger partial charge is 0.454 e. The number of hydrogen-bond acceptors (Lipinski definition) is 2. The highest BCUT2D eigenvalue weighted by molar-refractivity contribution is 6.77. The fraction of sp³-hybridized carbons (Fsp3) is 0.947. The van der Waals surface area contributed by atoms with Crippen LogP contribution in [0, 0.1) is 16.7 Å². The molecule has 2 aliphatic carbocycles. The van der Waals surface area contributed by atoms with Crippen molar-refractivity contribution >= 4 is 14.0 Å². The molecule has 2 fully saturated rings. The number of nitrogens with zero attached hydrogens (tertiary/aromatic N) is 1. The van der Waals surface area contributed by atoms with E-state index < -0.39 is 8.32 Å². The average Bonchev–Trinajstić information content (AvgIpc) is 2.71. The van der Waals surface area contributed by atoms with E-state index in [0.717, 1.165) is 12.3 Å². The van der Waals surface area contributed by atoms with Crippen LogP contribution in [-0.4, -0.2) is 14.0 Å². The van der Waals surface area contributed by atoms with Crippen molar-refractivity contribution in [1.82, 2.24) is 0 Å². The van der Waals surface area contributed by atoms with E-state index in [-0.39, 0.29) is 5.41 Å². The van der Waals surface area contributed by atoms with E-state index in [1.807, 2.05) is 0 Å². The first-order valence-corrected chi connectivity index (χ1v) is 11.4. The molecule has 0 saturated heterocycles. The molecule has 0 amide bonds. The fourth-order valence-corrected chi connectivity index (χ4v) is 10.4. The van der Waals surface area contributed by atoms with Crippen molar-refractivity contribution in [2.24, 2.45) is 21.9 Å². The zero-order chi connectivity index (χ0) is 16.9. The summed E-state index contributed by atoms with van der Waals surface area (Å²) in [5.41, 5.74) is 3.77. The van der Waals surface area contributed by atoms with Crippen LogP contribution >= 0.6 is 0 Å². The van der Waals surface area contributed by atoms with Crippen molar-refractivity contribution in [3.8, 4) is 0 Å². The van der Waals surface area contributed by atoms with Gasteiger partial charge in [0.15, 0.2) is 0 Å². The molecular weight excluding hydrogens is 286 g/mol. The van der Waals surface area contributed by atoms with Crippen LogP contribution in [0.3, 0.4) is 0 Å². The third-order valence-electron chi connectivity index (χ3n) is 7.53. The van der Waals surface area contributed by atoms with Gasteiger partial charge in [0.05, 0.1) is 5.71 Å². The third-order valence-corrected chi connectivity index (χ3v) is 13.4. The van der Waals surface area contributed by atoms with Gasteiger partial charge in [0.25, 0.3) is 8.32 Å². The molecule has 2 bridgehead atoms. The third kappa shape index (κ3) is 2.30. The molecule has 2 atom stereocenters. The van der Waals surface area contributed by atoms with Gasteiger partial charge < -0.3 is 4.53 Å². The maximum Gasteiger partial charge on any atom is 0.295 e. The summed E-state index contributed by atoms with van der Waals surface area (Å²) in [6.45, 7) is 21.3. The molecule has 0 aliphatic heterocycles. The van der Waals surface area contributed by atoms with Crippen LogP contribution in [0.4, 0.5) is 0 Å². The van der Waals surface area contributed by atoms with E-state index in [4.69, 9.17) is 9.68 Å². The molecule has 3 heteroatoms. The van der Waals surface area contributed by atoms with Crippen LogP contribution in [0.2, 0.25) is 16.6 Å². The molecule has 128 valence electrons. The van der Waals surface area contributed by atoms with Gasteiger partial charge in [0.2, 0.25) is 0 Å². The van der Waals surface area contributed by atoms with Gasteiger partial charge in [-0.3, -0.25) is 0 Å². The minimum Gasteiger partial charge on any atom is -0.454 e. The highest BCUT2D eigenvalue weighted by atomic mass is 28.4. The summed E-state index contributed by atoms with van der Waals surface area (Å²) in [6, 6.07) is 0. The van der Waals surface area contributed by atoms with E-state index in [9.17, 15) is 0 Å². The molecular formula is C19H37NOSi. The Morgan fingerprint density at radius 3 is 1.82 bits per heavy atom. The zero-order valence-corrected chi connectivity index (χ0v) is 17.3. The summed E-state index contributed by atoms with van der Waals surface area (Å²) in [7, 11) is -1.89. The topological polar surface area (TPSA) is 21.6 Å². The second-order valence-corrected chi connectivity index (χ2v) is 14.8. The van der Waals surface area contributed by atoms with Gasteiger partial charge >= 0.3 is 0 Å². The number of hydrogen-bond donors (Lipinski definition) is 0. The van der Waals surface area contributed by atoms with Crippen LogP contribution < -0.4 is 0 Å². The summed E-state index contributed by atoms with van der Waals surface area (Å²) in [4.78, 5) is 0. The average molecular weight is 324 g/mol. The van der Waals surface area contributed by atoms with Crippen molar-refractivity contribution in [3.63, 3.8) is 0 Å². The summed E-state index contributed by atoms with van der Waals surface area (Å²) in [6.07, 6.45) is 3.80. The molecule has 0 radical (unpaired) electrons. The second-order valence-electron chi connectivity index (χ2n) is 9.44. The molecule has 0 unspecified atom stereocenters. The lowest BCUT2D eigenvalue weighted by molar-refractivity contribution is 0.190. The van der Waals surface area contributed by atoms with Crippen LogP contribution in [0.5, 0.6) is 0 Å². The standard InChI is InChI=1S/C19H37NOSi/c1-13(2)22(14(3)4,15(5)6)21-20-17-12-16-10-11-19(17,9)18(16,7)8/h13-16H,10-12H2,1-9H3/b20-17+/t16-,19+/m1/s1. The summed E-state index contributed by atoms with van der Waals surface area (Å²) in [5, 5.41) is 4.89. The van der Waals surface area contributed by atoms with Crippen molar-refractivity contribution in [2.75, 3.05) is 0 Å². The molecule has 22 heavy (non-hydrogen) atoms. The SMILES string of the molecule is CC(C)[Si](O/N=C1\C[C@H]2CC[C@]1(C)C2(C)C)(C(C)C)C(C)C. The van der Waals surface area contributed by atoms with E-state index in [1.165, 1.54) is 18.6 Å². The lowest BCUT2D eigenvalue weighted by Gasteiger charge is -2.40. The Labute approximate surface area is 139 Å². The van der Waals surface area contributed by atoms with Crippen LogP contribution in [0.1, 0.15) is 81.6 Å². The lowest BCUT2D eigenvalue weighted by atomic mass is 9.70. The summed E-state index contributed by atoms with van der Waals surface area (Å²) < 4.78 is 6.54. The maximum absolute atomic E-state index is 6.54. The molecule has 0 spiro atoms. The number of oxime groups is 1. The predicted molar refractivity (Wildman–Crippen MR) is 98.8 cm³/mol. The van der Waals surface area contributed by atoms with E-state index in [2.05, 4.69) is 62.3 Å². The Morgan fingerprint density at radius 1 is 1.00 bits per heavy atom. The number of rotatable bonds is 5. The maximum atomic E-state index is 6.54. The van der Waals surface area contributed by atoms with E-state index in [0.29, 0.717) is 22.0 Å². The van der Waals surface area contributed by atoms with Crippen molar-refractivity contribution in [1.29, 1.82) is 0 Å². The van der Waals surface area contributed by atoms with Crippen LogP contribution in [0.25, 0.3) is 0 Å². The molecule has 0 N–H and O–H groups in total. The Bertz CT molecular complexity index is 431. The smallest absolute Gasteiger partial charge is 0.295 e. The highest BCUT2D eigenvalue weighted by Crippen LogP contribution is 2.64. The van der Waals surface area contributed by atoms with Crippen LogP contribution in [-0.2, 0) is 4.53 Å². The molecule has 2 saturated carbocycles. The van der Waals surface area contributed by atoms with Gasteiger partial charge in [0.1, 0.15) is 0 Å². The van der Waals surface area contributed by atoms with Gasteiger partial charge in [0, 0.05) is 5.41 Å². The van der Waals surface area contributed by atoms with Gasteiger partial charge in [-0.1, -0.05) is 62.3 Å². The van der Waals surface area contributed by atoms with Crippen molar-refractivity contribution in [2.45, 2.75) is 98.2 Å². The van der Waals surface area contributed by atoms with Crippen LogP contribution in [0.15, 0.2) is 5.16 Å². The molecule has 2 rings (SSSR count).